The maximum Gasteiger partial charge on any atom is 0.191 e. The molecule has 0 aromatic heterocycles. The molecule has 1 unspecified atom stereocenters. The number of hydrogen-bond donors (Lipinski definition) is 2. The molecule has 1 aromatic rings. The second-order valence-electron chi connectivity index (χ2n) is 5.82. The van der Waals surface area contributed by atoms with Gasteiger partial charge in [0, 0.05) is 39.3 Å². The number of rotatable bonds is 8. The van der Waals surface area contributed by atoms with Crippen LogP contribution in [0.25, 0.3) is 0 Å². The summed E-state index contributed by atoms with van der Waals surface area (Å²) < 4.78 is 11.0. The van der Waals surface area contributed by atoms with E-state index < -0.39 is 0 Å². The summed E-state index contributed by atoms with van der Waals surface area (Å²) >= 11 is 0. The van der Waals surface area contributed by atoms with E-state index in [2.05, 4.69) is 21.7 Å². The lowest BCUT2D eigenvalue weighted by Gasteiger charge is -2.13. The van der Waals surface area contributed by atoms with Crippen LogP contribution in [-0.4, -0.2) is 46.0 Å². The summed E-state index contributed by atoms with van der Waals surface area (Å²) in [5, 5.41) is 15.4. The van der Waals surface area contributed by atoms with Crippen molar-refractivity contribution < 1.29 is 9.47 Å². The predicted octanol–water partition coefficient (Wildman–Crippen LogP) is 1.67. The maximum atomic E-state index is 8.92. The Bertz CT molecular complexity index is 562. The molecule has 1 fully saturated rings. The summed E-state index contributed by atoms with van der Waals surface area (Å²) in [6.45, 7) is 4.68. The van der Waals surface area contributed by atoms with Crippen molar-refractivity contribution in [3.05, 3.63) is 35.4 Å². The number of benzene rings is 1. The number of nitriles is 1. The highest BCUT2D eigenvalue weighted by atomic mass is 16.5. The molecule has 1 saturated heterocycles. The van der Waals surface area contributed by atoms with Crippen LogP contribution < -0.4 is 10.6 Å². The lowest BCUT2D eigenvalue weighted by molar-refractivity contribution is 0.0888. The summed E-state index contributed by atoms with van der Waals surface area (Å²) in [6.07, 6.45) is 2.04. The number of hydrogen-bond acceptors (Lipinski definition) is 4. The van der Waals surface area contributed by atoms with E-state index in [0.717, 1.165) is 57.3 Å². The van der Waals surface area contributed by atoms with Gasteiger partial charge in [0.15, 0.2) is 5.96 Å². The Morgan fingerprint density at radius 2 is 2.38 bits per heavy atom. The van der Waals surface area contributed by atoms with E-state index in [1.54, 1.807) is 13.1 Å². The fourth-order valence-corrected chi connectivity index (χ4v) is 2.50. The van der Waals surface area contributed by atoms with Crippen molar-refractivity contribution in [2.24, 2.45) is 10.9 Å². The fraction of sp³-hybridized carbons (Fsp3) is 0.556. The first kappa shape index (κ1) is 18.2. The van der Waals surface area contributed by atoms with Gasteiger partial charge >= 0.3 is 0 Å². The Kier molecular flexibility index (Phi) is 8.08. The van der Waals surface area contributed by atoms with E-state index in [1.807, 2.05) is 18.2 Å². The molecular formula is C18H26N4O2. The first-order chi connectivity index (χ1) is 11.8. The maximum absolute atomic E-state index is 8.92. The van der Waals surface area contributed by atoms with E-state index in [0.29, 0.717) is 18.0 Å². The number of ether oxygens (including phenoxy) is 2. The molecule has 1 aliphatic heterocycles. The van der Waals surface area contributed by atoms with E-state index >= 15 is 0 Å². The first-order valence-electron chi connectivity index (χ1n) is 8.41. The highest BCUT2D eigenvalue weighted by molar-refractivity contribution is 5.79. The quantitative estimate of drug-likeness (QED) is 0.431. The molecule has 2 rings (SSSR count). The number of aliphatic imine (C=N–C) groups is 1. The molecule has 1 aliphatic rings. The van der Waals surface area contributed by atoms with Crippen LogP contribution in [0, 0.1) is 17.2 Å². The van der Waals surface area contributed by atoms with Crippen molar-refractivity contribution in [1.82, 2.24) is 10.6 Å². The van der Waals surface area contributed by atoms with Crippen molar-refractivity contribution in [1.29, 1.82) is 5.26 Å². The molecular weight excluding hydrogens is 304 g/mol. The Hall–Kier alpha value is -2.10. The Morgan fingerprint density at radius 1 is 1.46 bits per heavy atom. The normalized spacial score (nSPS) is 17.5. The molecule has 0 amide bonds. The van der Waals surface area contributed by atoms with Gasteiger partial charge in [0.05, 0.1) is 24.8 Å². The van der Waals surface area contributed by atoms with E-state index in [4.69, 9.17) is 14.7 Å². The average molecular weight is 330 g/mol. The van der Waals surface area contributed by atoms with Crippen LogP contribution in [0.3, 0.4) is 0 Å². The molecule has 1 atom stereocenters. The van der Waals surface area contributed by atoms with Gasteiger partial charge in [-0.3, -0.25) is 4.99 Å². The smallest absolute Gasteiger partial charge is 0.191 e. The zero-order chi connectivity index (χ0) is 17.0. The molecule has 24 heavy (non-hydrogen) atoms. The molecule has 6 nitrogen and oxygen atoms in total. The number of guanidine groups is 1. The van der Waals surface area contributed by atoms with Gasteiger partial charge in [0.2, 0.25) is 0 Å². The molecule has 2 N–H and O–H groups in total. The molecule has 0 saturated carbocycles. The summed E-state index contributed by atoms with van der Waals surface area (Å²) in [6, 6.07) is 9.70. The molecule has 130 valence electrons. The van der Waals surface area contributed by atoms with Crippen LogP contribution in [-0.2, 0) is 16.0 Å². The minimum absolute atomic E-state index is 0.566. The van der Waals surface area contributed by atoms with Crippen LogP contribution >= 0.6 is 0 Å². The van der Waals surface area contributed by atoms with Crippen LogP contribution in [0.1, 0.15) is 24.0 Å². The third-order valence-electron chi connectivity index (χ3n) is 3.88. The number of nitrogens with one attached hydrogen (secondary N) is 2. The van der Waals surface area contributed by atoms with Crippen LogP contribution in [0.2, 0.25) is 0 Å². The summed E-state index contributed by atoms with van der Waals surface area (Å²) in [4.78, 5) is 4.20. The van der Waals surface area contributed by atoms with Gasteiger partial charge in [0.25, 0.3) is 0 Å². The Balaban J connectivity index is 1.57. The summed E-state index contributed by atoms with van der Waals surface area (Å²) in [5.74, 6) is 1.32. The van der Waals surface area contributed by atoms with Crippen molar-refractivity contribution >= 4 is 5.96 Å². The standard InChI is InChI=1S/C18H26N4O2/c1-20-18(22-12-16-5-2-4-15(10-16)11-19)21-7-3-8-23-13-17-6-9-24-14-17/h2,4-5,10,17H,3,6-9,12-14H2,1H3,(H2,20,21,22). The van der Waals surface area contributed by atoms with Gasteiger partial charge in [-0.15, -0.1) is 0 Å². The van der Waals surface area contributed by atoms with Gasteiger partial charge < -0.3 is 20.1 Å². The minimum Gasteiger partial charge on any atom is -0.381 e. The second kappa shape index (κ2) is 10.6. The highest BCUT2D eigenvalue weighted by Crippen LogP contribution is 2.12. The van der Waals surface area contributed by atoms with Crippen molar-refractivity contribution in [2.75, 3.05) is 40.0 Å². The summed E-state index contributed by atoms with van der Waals surface area (Å²) in [7, 11) is 1.75. The lowest BCUT2D eigenvalue weighted by atomic mass is 10.1. The monoisotopic (exact) mass is 330 g/mol. The van der Waals surface area contributed by atoms with Crippen LogP contribution in [0.4, 0.5) is 0 Å². The predicted molar refractivity (Wildman–Crippen MR) is 93.7 cm³/mol. The van der Waals surface area contributed by atoms with E-state index in [1.165, 1.54) is 0 Å². The molecule has 1 aromatic carbocycles. The largest absolute Gasteiger partial charge is 0.381 e. The third-order valence-corrected chi connectivity index (χ3v) is 3.88. The van der Waals surface area contributed by atoms with Gasteiger partial charge in [-0.05, 0) is 30.5 Å². The number of nitrogens with zero attached hydrogens (tertiary/aromatic N) is 2. The van der Waals surface area contributed by atoms with Crippen molar-refractivity contribution in [3.63, 3.8) is 0 Å². The van der Waals surface area contributed by atoms with Crippen LogP contribution in [0.15, 0.2) is 29.3 Å². The fourth-order valence-electron chi connectivity index (χ4n) is 2.50. The minimum atomic E-state index is 0.566. The molecule has 0 aliphatic carbocycles. The van der Waals surface area contributed by atoms with Gasteiger partial charge in [-0.1, -0.05) is 12.1 Å². The zero-order valence-corrected chi connectivity index (χ0v) is 14.3. The Labute approximate surface area is 143 Å². The molecule has 0 spiro atoms. The highest BCUT2D eigenvalue weighted by Gasteiger charge is 2.15. The second-order valence-corrected chi connectivity index (χ2v) is 5.82. The molecule has 1 heterocycles. The third kappa shape index (κ3) is 6.57. The molecule has 0 bridgehead atoms. The van der Waals surface area contributed by atoms with Gasteiger partial charge in [0.1, 0.15) is 0 Å². The molecule has 0 radical (unpaired) electrons. The summed E-state index contributed by atoms with van der Waals surface area (Å²) in [5.41, 5.74) is 1.72. The van der Waals surface area contributed by atoms with Gasteiger partial charge in [-0.2, -0.15) is 5.26 Å². The first-order valence-corrected chi connectivity index (χ1v) is 8.41. The van der Waals surface area contributed by atoms with Gasteiger partial charge in [-0.25, -0.2) is 0 Å². The van der Waals surface area contributed by atoms with Crippen LogP contribution in [0.5, 0.6) is 0 Å². The molecule has 6 heteroatoms. The van der Waals surface area contributed by atoms with E-state index in [9.17, 15) is 0 Å². The van der Waals surface area contributed by atoms with E-state index in [-0.39, 0.29) is 0 Å². The average Bonchev–Trinajstić information content (AvgIpc) is 3.14. The lowest BCUT2D eigenvalue weighted by Crippen LogP contribution is -2.37. The van der Waals surface area contributed by atoms with Crippen molar-refractivity contribution in [2.45, 2.75) is 19.4 Å². The zero-order valence-electron chi connectivity index (χ0n) is 14.3. The topological polar surface area (TPSA) is 78.7 Å². The SMILES string of the molecule is CN=C(NCCCOCC1CCOC1)NCc1cccc(C#N)c1. The van der Waals surface area contributed by atoms with Crippen molar-refractivity contribution in [3.8, 4) is 6.07 Å². The Morgan fingerprint density at radius 3 is 3.12 bits per heavy atom.